The van der Waals surface area contributed by atoms with Crippen LogP contribution in [-0.4, -0.2) is 11.3 Å². The Morgan fingerprint density at radius 1 is 0.840 bits per heavy atom. The molecule has 144 valence electrons. The first-order chi connectivity index (χ1) is 11.7. The molecule has 0 nitrogen and oxygen atoms in total. The molecule has 0 atom stereocenters. The van der Waals surface area contributed by atoms with Crippen molar-refractivity contribution in [3.63, 3.8) is 0 Å². The summed E-state index contributed by atoms with van der Waals surface area (Å²) in [6.45, 7) is 4.57. The van der Waals surface area contributed by atoms with Crippen LogP contribution in [0.1, 0.15) is 89.5 Å². The quantitative estimate of drug-likeness (QED) is 0.237. The van der Waals surface area contributed by atoms with Crippen LogP contribution in [0.25, 0.3) is 0 Å². The third-order valence-electron chi connectivity index (χ3n) is 6.53. The summed E-state index contributed by atoms with van der Waals surface area (Å²) in [7, 11) is -1.39. The topological polar surface area (TPSA) is 0 Å². The SMILES string of the molecule is CC(C)c1ccc([P+]([CH-]Cl)(C2CCCCC2)C2CCCCC2)cc1.[Pd]. The molecular weight excluding hydrogens is 437 g/mol. The van der Waals surface area contributed by atoms with E-state index in [1.54, 1.807) is 5.30 Å². The fourth-order valence-electron chi connectivity index (χ4n) is 5.07. The molecule has 0 aliphatic heterocycles. The molecule has 0 amide bonds. The van der Waals surface area contributed by atoms with E-state index in [2.05, 4.69) is 43.7 Å². The first-order valence-corrected chi connectivity index (χ1v) is 12.5. The van der Waals surface area contributed by atoms with Crippen molar-refractivity contribution >= 4 is 24.2 Å². The van der Waals surface area contributed by atoms with Crippen molar-refractivity contribution in [3.8, 4) is 0 Å². The van der Waals surface area contributed by atoms with Crippen molar-refractivity contribution in [2.45, 2.75) is 95.3 Å². The first-order valence-electron chi connectivity index (χ1n) is 10.1. The second-order valence-corrected chi connectivity index (χ2v) is 12.7. The molecule has 1 aromatic rings. The maximum Gasteiger partial charge on any atom is 0.0664 e. The summed E-state index contributed by atoms with van der Waals surface area (Å²) in [5.74, 6) is 0.608. The van der Waals surface area contributed by atoms with Gasteiger partial charge in [-0.25, -0.2) is 0 Å². The molecule has 1 aromatic carbocycles. The number of benzene rings is 1. The monoisotopic (exact) mass is 470 g/mol. The molecule has 0 bridgehead atoms. The standard InChI is InChI=1S/C22H34ClP.Pd/c1-18(2)19-13-15-22(16-14-19)24(17-23,20-9-5-3-6-10-20)21-11-7-4-8-12-21;/h13-18,20-21H,3-12H2,1-2H3;. The van der Waals surface area contributed by atoms with Gasteiger partial charge in [0.1, 0.15) is 0 Å². The van der Waals surface area contributed by atoms with E-state index < -0.39 is 7.26 Å². The van der Waals surface area contributed by atoms with Gasteiger partial charge in [0.05, 0.1) is 5.30 Å². The maximum absolute atomic E-state index is 6.75. The van der Waals surface area contributed by atoms with Gasteiger partial charge in [0.25, 0.3) is 0 Å². The molecular formula is C22H34ClPPd. The molecule has 3 rings (SSSR count). The minimum atomic E-state index is -1.39. The van der Waals surface area contributed by atoms with E-state index in [0.717, 1.165) is 11.3 Å². The number of halogens is 1. The zero-order valence-electron chi connectivity index (χ0n) is 15.8. The summed E-state index contributed by atoms with van der Waals surface area (Å²) in [5, 5.41) is 1.60. The van der Waals surface area contributed by atoms with E-state index in [1.807, 2.05) is 0 Å². The normalized spacial score (nSPS) is 20.5. The molecule has 0 radical (unpaired) electrons. The van der Waals surface area contributed by atoms with Crippen molar-refractivity contribution in [3.05, 3.63) is 35.5 Å². The summed E-state index contributed by atoms with van der Waals surface area (Å²) in [6.07, 6.45) is 14.1. The Balaban J connectivity index is 0.00000225. The van der Waals surface area contributed by atoms with Crippen molar-refractivity contribution in [2.24, 2.45) is 0 Å². The Bertz CT molecular complexity index is 483. The Morgan fingerprint density at radius 2 is 1.28 bits per heavy atom. The molecule has 0 spiro atoms. The fourth-order valence-corrected chi connectivity index (χ4v) is 11.3. The van der Waals surface area contributed by atoms with Crippen molar-refractivity contribution < 1.29 is 20.4 Å². The summed E-state index contributed by atoms with van der Waals surface area (Å²) in [5.41, 5.74) is 5.36. The molecule has 25 heavy (non-hydrogen) atoms. The molecule has 0 aromatic heterocycles. The minimum Gasteiger partial charge on any atom is -0.304 e. The number of hydrogen-bond acceptors (Lipinski definition) is 0. The molecule has 3 heteroatoms. The minimum absolute atomic E-state index is 0. The molecule has 2 saturated carbocycles. The van der Waals surface area contributed by atoms with Crippen LogP contribution >= 0.6 is 18.9 Å². The number of rotatable bonds is 5. The molecule has 2 aliphatic carbocycles. The van der Waals surface area contributed by atoms with Crippen LogP contribution < -0.4 is 5.30 Å². The van der Waals surface area contributed by atoms with Gasteiger partial charge in [-0.3, -0.25) is 0 Å². The van der Waals surface area contributed by atoms with Crippen LogP contribution in [0.15, 0.2) is 24.3 Å². The fraction of sp³-hybridized carbons (Fsp3) is 0.682. The van der Waals surface area contributed by atoms with Crippen molar-refractivity contribution in [1.29, 1.82) is 0 Å². The van der Waals surface area contributed by atoms with Crippen LogP contribution in [0.3, 0.4) is 0 Å². The van der Waals surface area contributed by atoms with Gasteiger partial charge in [-0.2, -0.15) is 0 Å². The summed E-state index contributed by atoms with van der Waals surface area (Å²) >= 11 is 6.75. The van der Waals surface area contributed by atoms with E-state index in [4.69, 9.17) is 11.6 Å². The van der Waals surface area contributed by atoms with Crippen LogP contribution in [0.5, 0.6) is 0 Å². The van der Waals surface area contributed by atoms with Gasteiger partial charge in [-0.15, -0.1) is 0 Å². The second kappa shape index (κ2) is 10.2. The Kier molecular flexibility index (Phi) is 8.96. The van der Waals surface area contributed by atoms with Crippen molar-refractivity contribution in [2.75, 3.05) is 0 Å². The molecule has 2 fully saturated rings. The second-order valence-electron chi connectivity index (χ2n) is 8.26. The van der Waals surface area contributed by atoms with E-state index in [-0.39, 0.29) is 20.4 Å². The van der Waals surface area contributed by atoms with Crippen LogP contribution in [0.4, 0.5) is 0 Å². The van der Waals surface area contributed by atoms with Gasteiger partial charge in [-0.1, -0.05) is 51.7 Å². The molecule has 0 unspecified atom stereocenters. The Hall–Kier alpha value is 0.602. The zero-order valence-corrected chi connectivity index (χ0v) is 19.0. The third-order valence-corrected chi connectivity index (χ3v) is 12.5. The van der Waals surface area contributed by atoms with Gasteiger partial charge in [0.2, 0.25) is 0 Å². The summed E-state index contributed by atoms with van der Waals surface area (Å²) in [4.78, 5) is 0. The van der Waals surface area contributed by atoms with E-state index >= 15 is 0 Å². The maximum atomic E-state index is 6.75. The predicted molar refractivity (Wildman–Crippen MR) is 111 cm³/mol. The van der Waals surface area contributed by atoms with Gasteiger partial charge >= 0.3 is 0 Å². The van der Waals surface area contributed by atoms with Gasteiger partial charge in [0, 0.05) is 31.7 Å². The third kappa shape index (κ3) is 4.72. The Morgan fingerprint density at radius 3 is 1.64 bits per heavy atom. The zero-order chi connectivity index (χ0) is 17.0. The summed E-state index contributed by atoms with van der Waals surface area (Å²) in [6, 6.07) is 9.65. The first kappa shape index (κ1) is 21.9. The van der Waals surface area contributed by atoms with Gasteiger partial charge in [-0.05, 0) is 75.0 Å². The van der Waals surface area contributed by atoms with E-state index in [9.17, 15) is 0 Å². The largest absolute Gasteiger partial charge is 0.304 e. The van der Waals surface area contributed by atoms with Gasteiger partial charge < -0.3 is 11.6 Å². The molecule has 0 N–H and O–H groups in total. The average Bonchev–Trinajstić information content (AvgIpc) is 2.65. The van der Waals surface area contributed by atoms with E-state index in [1.165, 1.54) is 69.8 Å². The summed E-state index contributed by atoms with van der Waals surface area (Å²) < 4.78 is 0. The average molecular weight is 471 g/mol. The van der Waals surface area contributed by atoms with Crippen molar-refractivity contribution in [1.82, 2.24) is 0 Å². The van der Waals surface area contributed by atoms with Crippen LogP contribution in [-0.2, 0) is 20.4 Å². The smallest absolute Gasteiger partial charge is 0.0664 e. The van der Waals surface area contributed by atoms with E-state index in [0.29, 0.717) is 5.92 Å². The number of hydrogen-bond donors (Lipinski definition) is 0. The molecule has 0 heterocycles. The van der Waals surface area contributed by atoms with Crippen LogP contribution in [0, 0.1) is 5.62 Å². The molecule has 0 saturated heterocycles. The molecule has 2 aliphatic rings. The Labute approximate surface area is 174 Å². The van der Waals surface area contributed by atoms with Gasteiger partial charge in [0.15, 0.2) is 0 Å². The van der Waals surface area contributed by atoms with Crippen LogP contribution in [0.2, 0.25) is 0 Å². The predicted octanol–water partition coefficient (Wildman–Crippen LogP) is 7.47.